The van der Waals surface area contributed by atoms with Gasteiger partial charge in [0.2, 0.25) is 0 Å². The first-order chi connectivity index (χ1) is 10.8. The van der Waals surface area contributed by atoms with Crippen LogP contribution in [0.1, 0.15) is 18.5 Å². The molecule has 4 nitrogen and oxygen atoms in total. The molecule has 4 heteroatoms. The second kappa shape index (κ2) is 5.95. The van der Waals surface area contributed by atoms with E-state index in [1.807, 2.05) is 6.07 Å². The fourth-order valence-electron chi connectivity index (χ4n) is 3.82. The number of methoxy groups -OCH3 is 1. The molecule has 2 aliphatic rings. The van der Waals surface area contributed by atoms with Gasteiger partial charge in [-0.3, -0.25) is 9.88 Å². The van der Waals surface area contributed by atoms with Crippen LogP contribution in [0, 0.1) is 0 Å². The highest BCUT2D eigenvalue weighted by atomic mass is 16.5. The molecule has 0 aliphatic carbocycles. The van der Waals surface area contributed by atoms with Gasteiger partial charge in [-0.15, -0.1) is 0 Å². The number of aromatic nitrogens is 1. The van der Waals surface area contributed by atoms with E-state index in [1.54, 1.807) is 7.11 Å². The van der Waals surface area contributed by atoms with E-state index in [9.17, 15) is 0 Å². The second-order valence-corrected chi connectivity index (χ2v) is 6.22. The molecule has 0 amide bonds. The van der Waals surface area contributed by atoms with Gasteiger partial charge in [0.15, 0.2) is 0 Å². The molecule has 0 bridgehead atoms. The van der Waals surface area contributed by atoms with Crippen molar-refractivity contribution in [2.75, 3.05) is 20.3 Å². The molecule has 3 atom stereocenters. The predicted molar refractivity (Wildman–Crippen MR) is 85.7 cm³/mol. The van der Waals surface area contributed by atoms with Crippen molar-refractivity contribution in [3.05, 3.63) is 42.1 Å². The lowest BCUT2D eigenvalue weighted by molar-refractivity contribution is -0.0846. The number of piperidine rings is 1. The number of benzene rings is 1. The highest BCUT2D eigenvalue weighted by Gasteiger charge is 2.42. The number of likely N-dealkylation sites (tertiary alicyclic amines) is 1. The van der Waals surface area contributed by atoms with E-state index in [4.69, 9.17) is 14.5 Å². The maximum Gasteiger partial charge on any atom is 0.0992 e. The summed E-state index contributed by atoms with van der Waals surface area (Å²) in [6.07, 6.45) is 2.59. The van der Waals surface area contributed by atoms with Crippen LogP contribution in [0.3, 0.4) is 0 Å². The topological polar surface area (TPSA) is 34.6 Å². The predicted octanol–water partition coefficient (Wildman–Crippen LogP) is 2.61. The van der Waals surface area contributed by atoms with Crippen LogP contribution in [0.2, 0.25) is 0 Å². The summed E-state index contributed by atoms with van der Waals surface area (Å²) in [5, 5.41) is 1.20. The van der Waals surface area contributed by atoms with E-state index in [0.29, 0.717) is 6.04 Å². The zero-order chi connectivity index (χ0) is 14.9. The smallest absolute Gasteiger partial charge is 0.0992 e. The summed E-state index contributed by atoms with van der Waals surface area (Å²) in [5.74, 6) is 0. The van der Waals surface area contributed by atoms with E-state index >= 15 is 0 Å². The Balaban J connectivity index is 1.54. The Bertz CT molecular complexity index is 660. The number of rotatable bonds is 3. The minimum atomic E-state index is 0.221. The minimum absolute atomic E-state index is 0.221. The Morgan fingerprint density at radius 2 is 2.14 bits per heavy atom. The van der Waals surface area contributed by atoms with Gasteiger partial charge in [-0.25, -0.2) is 0 Å². The number of hydrogen-bond acceptors (Lipinski definition) is 4. The van der Waals surface area contributed by atoms with Gasteiger partial charge in [0.1, 0.15) is 0 Å². The summed E-state index contributed by atoms with van der Waals surface area (Å²) in [4.78, 5) is 7.33. The molecule has 1 aromatic carbocycles. The van der Waals surface area contributed by atoms with Gasteiger partial charge in [0.25, 0.3) is 0 Å². The molecule has 0 N–H and O–H groups in total. The van der Waals surface area contributed by atoms with Crippen LogP contribution in [0.4, 0.5) is 0 Å². The van der Waals surface area contributed by atoms with Gasteiger partial charge in [0, 0.05) is 38.2 Å². The molecule has 3 heterocycles. The maximum absolute atomic E-state index is 5.91. The maximum atomic E-state index is 5.91. The number of fused-ring (bicyclic) bond motifs is 2. The lowest BCUT2D eigenvalue weighted by atomic mass is 9.95. The Labute approximate surface area is 131 Å². The molecule has 22 heavy (non-hydrogen) atoms. The number of hydrogen-bond donors (Lipinski definition) is 0. The summed E-state index contributed by atoms with van der Waals surface area (Å²) in [6.45, 7) is 2.79. The SMILES string of the molecule is CO[C@@H]1CCN(Cc2ccc3ccccc3n2)[C@H]2CCO[C@H]12. The first-order valence-corrected chi connectivity index (χ1v) is 8.08. The normalized spacial score (nSPS) is 28.9. The zero-order valence-electron chi connectivity index (χ0n) is 12.9. The third-order valence-electron chi connectivity index (χ3n) is 4.96. The van der Waals surface area contributed by atoms with E-state index < -0.39 is 0 Å². The van der Waals surface area contributed by atoms with Crippen LogP contribution in [-0.2, 0) is 16.0 Å². The van der Waals surface area contributed by atoms with Crippen molar-refractivity contribution in [2.24, 2.45) is 0 Å². The molecule has 2 aromatic rings. The van der Waals surface area contributed by atoms with Crippen LogP contribution < -0.4 is 0 Å². The van der Waals surface area contributed by atoms with Crippen molar-refractivity contribution in [1.29, 1.82) is 0 Å². The fraction of sp³-hybridized carbons (Fsp3) is 0.500. The molecule has 116 valence electrons. The first kappa shape index (κ1) is 14.1. The van der Waals surface area contributed by atoms with Gasteiger partial charge in [0.05, 0.1) is 23.4 Å². The number of ether oxygens (including phenoxy) is 2. The monoisotopic (exact) mass is 298 g/mol. The molecule has 0 spiro atoms. The van der Waals surface area contributed by atoms with Gasteiger partial charge in [-0.2, -0.15) is 0 Å². The van der Waals surface area contributed by atoms with Crippen molar-refractivity contribution >= 4 is 10.9 Å². The van der Waals surface area contributed by atoms with Gasteiger partial charge in [-0.1, -0.05) is 24.3 Å². The van der Waals surface area contributed by atoms with Crippen molar-refractivity contribution in [3.63, 3.8) is 0 Å². The average molecular weight is 298 g/mol. The van der Waals surface area contributed by atoms with E-state index in [-0.39, 0.29) is 12.2 Å². The summed E-state index contributed by atoms with van der Waals surface area (Å²) in [7, 11) is 1.80. The Morgan fingerprint density at radius 1 is 1.23 bits per heavy atom. The van der Waals surface area contributed by atoms with E-state index in [0.717, 1.165) is 43.7 Å². The molecule has 2 saturated heterocycles. The van der Waals surface area contributed by atoms with E-state index in [2.05, 4.69) is 35.2 Å². The van der Waals surface area contributed by atoms with Crippen molar-refractivity contribution < 1.29 is 9.47 Å². The molecule has 0 radical (unpaired) electrons. The van der Waals surface area contributed by atoms with Gasteiger partial charge >= 0.3 is 0 Å². The quantitative estimate of drug-likeness (QED) is 0.872. The van der Waals surface area contributed by atoms with Crippen molar-refractivity contribution in [1.82, 2.24) is 9.88 Å². The largest absolute Gasteiger partial charge is 0.379 e. The lowest BCUT2D eigenvalue weighted by Crippen LogP contribution is -2.52. The number of para-hydroxylation sites is 1. The summed E-state index contributed by atoms with van der Waals surface area (Å²) in [5.41, 5.74) is 2.21. The summed E-state index contributed by atoms with van der Waals surface area (Å²) < 4.78 is 11.5. The van der Waals surface area contributed by atoms with Gasteiger partial charge < -0.3 is 9.47 Å². The van der Waals surface area contributed by atoms with Crippen LogP contribution in [0.25, 0.3) is 10.9 Å². The highest BCUT2D eigenvalue weighted by Crippen LogP contribution is 2.31. The van der Waals surface area contributed by atoms with Crippen LogP contribution in [-0.4, -0.2) is 48.4 Å². The average Bonchev–Trinajstić information content (AvgIpc) is 3.05. The Hall–Kier alpha value is -1.49. The molecular weight excluding hydrogens is 276 g/mol. The van der Waals surface area contributed by atoms with Gasteiger partial charge in [-0.05, 0) is 25.0 Å². The standard InChI is InChI=1S/C18H22N2O2/c1-21-17-8-10-20(16-9-11-22-18(16)17)12-14-7-6-13-4-2-3-5-15(13)19-14/h2-7,16-18H,8-12H2,1H3/t16-,17+,18-/m0/s1. The fourth-order valence-corrected chi connectivity index (χ4v) is 3.82. The second-order valence-electron chi connectivity index (χ2n) is 6.22. The molecule has 2 aliphatic heterocycles. The number of nitrogens with zero attached hydrogens (tertiary/aromatic N) is 2. The van der Waals surface area contributed by atoms with Crippen LogP contribution in [0.5, 0.6) is 0 Å². The first-order valence-electron chi connectivity index (χ1n) is 8.08. The summed E-state index contributed by atoms with van der Waals surface area (Å²) >= 11 is 0. The lowest BCUT2D eigenvalue weighted by Gasteiger charge is -2.40. The summed E-state index contributed by atoms with van der Waals surface area (Å²) in [6, 6.07) is 13.1. The highest BCUT2D eigenvalue weighted by molar-refractivity contribution is 5.78. The van der Waals surface area contributed by atoms with Crippen molar-refractivity contribution in [3.8, 4) is 0 Å². The number of pyridine rings is 1. The van der Waals surface area contributed by atoms with E-state index in [1.165, 1.54) is 5.39 Å². The molecule has 2 fully saturated rings. The third-order valence-corrected chi connectivity index (χ3v) is 4.96. The molecule has 0 unspecified atom stereocenters. The van der Waals surface area contributed by atoms with Crippen LogP contribution >= 0.6 is 0 Å². The molecule has 4 rings (SSSR count). The van der Waals surface area contributed by atoms with Crippen LogP contribution in [0.15, 0.2) is 36.4 Å². The zero-order valence-corrected chi connectivity index (χ0v) is 12.9. The van der Waals surface area contributed by atoms with Crippen molar-refractivity contribution in [2.45, 2.75) is 37.6 Å². The molecule has 0 saturated carbocycles. The molecular formula is C18H22N2O2. The minimum Gasteiger partial charge on any atom is -0.379 e. The third kappa shape index (κ3) is 2.51. The Morgan fingerprint density at radius 3 is 3.05 bits per heavy atom. The molecule has 1 aromatic heterocycles. The Kier molecular flexibility index (Phi) is 3.82.